The number of rotatable bonds is 4. The lowest BCUT2D eigenvalue weighted by Gasteiger charge is -2.20. The fraction of sp³-hybridized carbons (Fsp3) is 0.357. The molecule has 0 fully saturated rings. The summed E-state index contributed by atoms with van der Waals surface area (Å²) in [5, 5.41) is 4.25. The predicted octanol–water partition coefficient (Wildman–Crippen LogP) is 4.17. The zero-order valence-corrected chi connectivity index (χ0v) is 13.5. The third-order valence-electron chi connectivity index (χ3n) is 2.91. The molecule has 1 aromatic carbocycles. The van der Waals surface area contributed by atoms with Gasteiger partial charge in [-0.2, -0.15) is 0 Å². The van der Waals surface area contributed by atoms with Crippen molar-refractivity contribution in [3.05, 3.63) is 22.8 Å². The van der Waals surface area contributed by atoms with Crippen LogP contribution in [0.15, 0.2) is 22.8 Å². The second-order valence-corrected chi connectivity index (χ2v) is 6.32. The molecule has 0 amide bonds. The van der Waals surface area contributed by atoms with Crippen LogP contribution in [-0.2, 0) is 0 Å². The van der Waals surface area contributed by atoms with Crippen molar-refractivity contribution >= 4 is 32.4 Å². The normalized spacial score (nSPS) is 13.3. The Morgan fingerprint density at radius 2 is 2.20 bits per heavy atom. The summed E-state index contributed by atoms with van der Waals surface area (Å²) in [7, 11) is 0. The molecule has 0 bridgehead atoms. The summed E-state index contributed by atoms with van der Waals surface area (Å²) < 4.78 is 12.2. The molecule has 20 heavy (non-hydrogen) atoms. The Bertz CT molecular complexity index is 615. The van der Waals surface area contributed by atoms with Gasteiger partial charge in [-0.1, -0.05) is 18.3 Å². The lowest BCUT2D eigenvalue weighted by molar-refractivity contribution is 0.170. The first-order chi connectivity index (χ1) is 9.78. The van der Waals surface area contributed by atoms with Crippen molar-refractivity contribution in [2.24, 2.45) is 0 Å². The van der Waals surface area contributed by atoms with Crippen molar-refractivity contribution in [1.82, 2.24) is 4.98 Å². The monoisotopic (exact) mass is 354 g/mol. The molecule has 3 rings (SSSR count). The smallest absolute Gasteiger partial charge is 0.183 e. The van der Waals surface area contributed by atoms with Crippen molar-refractivity contribution in [2.45, 2.75) is 13.3 Å². The SMILES string of the molecule is CCCNc1ncc(-c2cc(Br)c3c(c2)OCCO3)s1. The molecule has 6 heteroatoms. The van der Waals surface area contributed by atoms with Gasteiger partial charge in [0.2, 0.25) is 0 Å². The molecule has 0 saturated heterocycles. The third-order valence-corrected chi connectivity index (χ3v) is 4.51. The number of nitrogens with one attached hydrogen (secondary N) is 1. The van der Waals surface area contributed by atoms with Gasteiger partial charge in [0.05, 0.1) is 9.35 Å². The average Bonchev–Trinajstić information content (AvgIpc) is 2.94. The maximum absolute atomic E-state index is 5.65. The lowest BCUT2D eigenvalue weighted by atomic mass is 10.2. The van der Waals surface area contributed by atoms with E-state index in [9.17, 15) is 0 Å². The van der Waals surface area contributed by atoms with Gasteiger partial charge in [-0.05, 0) is 40.0 Å². The van der Waals surface area contributed by atoms with E-state index in [-0.39, 0.29) is 0 Å². The van der Waals surface area contributed by atoms with Crippen LogP contribution in [0.5, 0.6) is 11.5 Å². The minimum Gasteiger partial charge on any atom is -0.486 e. The molecule has 1 aliphatic rings. The van der Waals surface area contributed by atoms with Gasteiger partial charge < -0.3 is 14.8 Å². The zero-order chi connectivity index (χ0) is 13.9. The summed E-state index contributed by atoms with van der Waals surface area (Å²) >= 11 is 5.19. The second kappa shape index (κ2) is 6.01. The van der Waals surface area contributed by atoms with Crippen LogP contribution in [0.2, 0.25) is 0 Å². The summed E-state index contributed by atoms with van der Waals surface area (Å²) in [5.41, 5.74) is 1.09. The predicted molar refractivity (Wildman–Crippen MR) is 85.0 cm³/mol. The molecule has 1 aromatic heterocycles. The largest absolute Gasteiger partial charge is 0.486 e. The number of anilines is 1. The minimum atomic E-state index is 0.592. The number of ether oxygens (including phenoxy) is 2. The maximum atomic E-state index is 5.65. The molecule has 0 radical (unpaired) electrons. The van der Waals surface area contributed by atoms with Crippen LogP contribution in [-0.4, -0.2) is 24.7 Å². The van der Waals surface area contributed by atoms with Gasteiger partial charge >= 0.3 is 0 Å². The van der Waals surface area contributed by atoms with E-state index < -0.39 is 0 Å². The number of halogens is 1. The van der Waals surface area contributed by atoms with E-state index in [0.29, 0.717) is 13.2 Å². The van der Waals surface area contributed by atoms with Crippen LogP contribution in [0.3, 0.4) is 0 Å². The van der Waals surface area contributed by atoms with Crippen molar-refractivity contribution in [3.8, 4) is 21.9 Å². The molecule has 106 valence electrons. The van der Waals surface area contributed by atoms with Gasteiger partial charge in [-0.25, -0.2) is 4.98 Å². The van der Waals surface area contributed by atoms with Gasteiger partial charge in [-0.3, -0.25) is 0 Å². The Labute approximate surface area is 130 Å². The number of thiazole rings is 1. The molecule has 0 atom stereocenters. The Kier molecular flexibility index (Phi) is 4.12. The van der Waals surface area contributed by atoms with Crippen molar-refractivity contribution in [1.29, 1.82) is 0 Å². The second-order valence-electron chi connectivity index (χ2n) is 4.44. The Hall–Kier alpha value is -1.27. The molecule has 1 N–H and O–H groups in total. The summed E-state index contributed by atoms with van der Waals surface area (Å²) in [6.07, 6.45) is 2.98. The first-order valence-corrected chi connectivity index (χ1v) is 8.18. The Balaban J connectivity index is 1.90. The van der Waals surface area contributed by atoms with Crippen molar-refractivity contribution in [2.75, 3.05) is 25.1 Å². The van der Waals surface area contributed by atoms with Crippen molar-refractivity contribution in [3.63, 3.8) is 0 Å². The molecule has 2 aromatic rings. The summed E-state index contributed by atoms with van der Waals surface area (Å²) in [4.78, 5) is 5.50. The highest BCUT2D eigenvalue weighted by Gasteiger charge is 2.17. The maximum Gasteiger partial charge on any atom is 0.183 e. The van der Waals surface area contributed by atoms with Gasteiger partial charge in [0.25, 0.3) is 0 Å². The van der Waals surface area contributed by atoms with Crippen LogP contribution < -0.4 is 14.8 Å². The molecule has 1 aliphatic heterocycles. The van der Waals surface area contributed by atoms with Crippen LogP contribution >= 0.6 is 27.3 Å². The van der Waals surface area contributed by atoms with Crippen LogP contribution in [0.4, 0.5) is 5.13 Å². The average molecular weight is 355 g/mol. The standard InChI is InChI=1S/C14H15BrN2O2S/c1-2-3-16-14-17-8-12(20-14)9-6-10(15)13-11(7-9)18-4-5-19-13/h6-8H,2-5H2,1H3,(H,16,17). The number of hydrogen-bond acceptors (Lipinski definition) is 5. The number of benzene rings is 1. The Morgan fingerprint density at radius 3 is 3.05 bits per heavy atom. The summed E-state index contributed by atoms with van der Waals surface area (Å²) in [6.45, 7) is 4.27. The fourth-order valence-corrected chi connectivity index (χ4v) is 3.36. The van der Waals surface area contributed by atoms with Gasteiger partial charge in [0.1, 0.15) is 13.2 Å². The quantitative estimate of drug-likeness (QED) is 0.894. The molecule has 0 spiro atoms. The highest BCUT2D eigenvalue weighted by molar-refractivity contribution is 9.10. The molecule has 4 nitrogen and oxygen atoms in total. The van der Waals surface area contributed by atoms with Gasteiger partial charge in [-0.15, -0.1) is 0 Å². The highest BCUT2D eigenvalue weighted by Crippen LogP contribution is 2.42. The van der Waals surface area contributed by atoms with E-state index in [1.165, 1.54) is 0 Å². The number of aromatic nitrogens is 1. The first kappa shape index (κ1) is 13.7. The number of nitrogens with zero attached hydrogens (tertiary/aromatic N) is 1. The van der Waals surface area contributed by atoms with Crippen molar-refractivity contribution < 1.29 is 9.47 Å². The zero-order valence-electron chi connectivity index (χ0n) is 11.1. The minimum absolute atomic E-state index is 0.592. The van der Waals surface area contributed by atoms with Crippen LogP contribution in [0.25, 0.3) is 10.4 Å². The van der Waals surface area contributed by atoms with E-state index in [2.05, 4.69) is 33.2 Å². The van der Waals surface area contributed by atoms with E-state index in [1.807, 2.05) is 18.3 Å². The molecule has 2 heterocycles. The van der Waals surface area contributed by atoms with E-state index in [1.54, 1.807) is 11.3 Å². The highest BCUT2D eigenvalue weighted by atomic mass is 79.9. The summed E-state index contributed by atoms with van der Waals surface area (Å²) in [6, 6.07) is 4.06. The van der Waals surface area contributed by atoms with E-state index >= 15 is 0 Å². The molecule has 0 unspecified atom stereocenters. The van der Waals surface area contributed by atoms with E-state index in [0.717, 1.165) is 44.5 Å². The molecular formula is C14H15BrN2O2S. The first-order valence-electron chi connectivity index (χ1n) is 6.57. The fourth-order valence-electron chi connectivity index (χ4n) is 1.97. The van der Waals surface area contributed by atoms with Crippen LogP contribution in [0.1, 0.15) is 13.3 Å². The Morgan fingerprint density at radius 1 is 1.35 bits per heavy atom. The number of fused-ring (bicyclic) bond motifs is 1. The van der Waals surface area contributed by atoms with Gasteiger partial charge in [0.15, 0.2) is 16.6 Å². The lowest BCUT2D eigenvalue weighted by Crippen LogP contribution is -2.15. The molecule has 0 aliphatic carbocycles. The summed E-state index contributed by atoms with van der Waals surface area (Å²) in [5.74, 6) is 1.57. The topological polar surface area (TPSA) is 43.4 Å². The van der Waals surface area contributed by atoms with Crippen LogP contribution in [0, 0.1) is 0 Å². The third kappa shape index (κ3) is 2.76. The van der Waals surface area contributed by atoms with Gasteiger partial charge in [0, 0.05) is 12.7 Å². The molecule has 0 saturated carbocycles. The number of hydrogen-bond donors (Lipinski definition) is 1. The molecular weight excluding hydrogens is 340 g/mol. The van der Waals surface area contributed by atoms with E-state index in [4.69, 9.17) is 9.47 Å².